The molecule has 0 saturated carbocycles. The average Bonchev–Trinajstić information content (AvgIpc) is 2.41. The fraction of sp³-hybridized carbons (Fsp3) is 0.235. The van der Waals surface area contributed by atoms with Gasteiger partial charge in [0.1, 0.15) is 5.75 Å². The van der Waals surface area contributed by atoms with Crippen molar-refractivity contribution >= 4 is 5.97 Å². The second-order valence-corrected chi connectivity index (χ2v) is 4.99. The second kappa shape index (κ2) is 6.24. The number of aromatic carboxylic acids is 1. The third kappa shape index (κ3) is 3.85. The molecule has 3 heteroatoms. The lowest BCUT2D eigenvalue weighted by Gasteiger charge is -2.10. The first-order chi connectivity index (χ1) is 9.54. The lowest BCUT2D eigenvalue weighted by Crippen LogP contribution is -2.05. The van der Waals surface area contributed by atoms with Crippen LogP contribution in [0.25, 0.3) is 0 Å². The van der Waals surface area contributed by atoms with Gasteiger partial charge in [-0.15, -0.1) is 0 Å². The van der Waals surface area contributed by atoms with Crippen molar-refractivity contribution in [3.8, 4) is 5.75 Å². The maximum atomic E-state index is 10.9. The molecule has 0 atom stereocenters. The molecule has 0 spiro atoms. The van der Waals surface area contributed by atoms with Crippen LogP contribution in [-0.4, -0.2) is 17.2 Å². The van der Waals surface area contributed by atoms with E-state index in [0.717, 1.165) is 16.9 Å². The van der Waals surface area contributed by atoms with Gasteiger partial charge in [-0.1, -0.05) is 24.3 Å². The zero-order valence-electron chi connectivity index (χ0n) is 11.7. The molecule has 0 unspecified atom stereocenters. The van der Waals surface area contributed by atoms with Gasteiger partial charge in [0, 0.05) is 0 Å². The standard InChI is InChI=1S/C17H18O3/c1-12(2)20-16-8-6-13(7-9-16)10-14-4-3-5-15(11-14)17(18)19/h3-9,11-12H,10H2,1-2H3,(H,18,19). The topological polar surface area (TPSA) is 46.5 Å². The highest BCUT2D eigenvalue weighted by molar-refractivity contribution is 5.87. The van der Waals surface area contributed by atoms with Crippen LogP contribution in [0.4, 0.5) is 0 Å². The van der Waals surface area contributed by atoms with Crippen molar-refractivity contribution in [2.75, 3.05) is 0 Å². The van der Waals surface area contributed by atoms with Gasteiger partial charge in [0.05, 0.1) is 11.7 Å². The number of carboxylic acids is 1. The molecule has 2 aromatic carbocycles. The molecule has 20 heavy (non-hydrogen) atoms. The Labute approximate surface area is 118 Å². The summed E-state index contributed by atoms with van der Waals surface area (Å²) in [6.07, 6.45) is 0.872. The summed E-state index contributed by atoms with van der Waals surface area (Å²) in [5, 5.41) is 8.98. The lowest BCUT2D eigenvalue weighted by molar-refractivity contribution is 0.0696. The molecule has 0 aliphatic heterocycles. The third-order valence-corrected chi connectivity index (χ3v) is 2.88. The summed E-state index contributed by atoms with van der Waals surface area (Å²) < 4.78 is 5.59. The maximum Gasteiger partial charge on any atom is 0.335 e. The van der Waals surface area contributed by atoms with Crippen molar-refractivity contribution < 1.29 is 14.6 Å². The Kier molecular flexibility index (Phi) is 4.41. The van der Waals surface area contributed by atoms with Crippen molar-refractivity contribution in [2.45, 2.75) is 26.4 Å². The van der Waals surface area contributed by atoms with Gasteiger partial charge in [-0.05, 0) is 55.7 Å². The van der Waals surface area contributed by atoms with Gasteiger partial charge in [0.15, 0.2) is 0 Å². The van der Waals surface area contributed by atoms with Gasteiger partial charge in [-0.3, -0.25) is 0 Å². The summed E-state index contributed by atoms with van der Waals surface area (Å²) in [6.45, 7) is 3.98. The number of ether oxygens (including phenoxy) is 1. The second-order valence-electron chi connectivity index (χ2n) is 4.99. The Bertz CT molecular complexity index is 585. The quantitative estimate of drug-likeness (QED) is 0.899. The molecule has 0 aliphatic carbocycles. The van der Waals surface area contributed by atoms with Gasteiger partial charge in [-0.2, -0.15) is 0 Å². The predicted molar refractivity (Wildman–Crippen MR) is 78.4 cm³/mol. The lowest BCUT2D eigenvalue weighted by atomic mass is 10.0. The highest BCUT2D eigenvalue weighted by atomic mass is 16.5. The van der Waals surface area contributed by atoms with Gasteiger partial charge >= 0.3 is 5.97 Å². The van der Waals surface area contributed by atoms with E-state index in [4.69, 9.17) is 9.84 Å². The van der Waals surface area contributed by atoms with Crippen LogP contribution < -0.4 is 4.74 Å². The minimum atomic E-state index is -0.896. The van der Waals surface area contributed by atoms with E-state index in [1.54, 1.807) is 18.2 Å². The number of carboxylic acid groups (broad SMARTS) is 1. The zero-order valence-corrected chi connectivity index (χ0v) is 11.7. The molecule has 3 nitrogen and oxygen atoms in total. The van der Waals surface area contributed by atoms with Crippen LogP contribution >= 0.6 is 0 Å². The molecule has 0 saturated heterocycles. The van der Waals surface area contributed by atoms with Gasteiger partial charge < -0.3 is 9.84 Å². The first-order valence-corrected chi connectivity index (χ1v) is 6.62. The van der Waals surface area contributed by atoms with Crippen LogP contribution in [0.1, 0.15) is 35.3 Å². The normalized spacial score (nSPS) is 10.6. The van der Waals surface area contributed by atoms with Crippen LogP contribution in [-0.2, 0) is 6.42 Å². The van der Waals surface area contributed by atoms with Crippen LogP contribution in [0.5, 0.6) is 5.75 Å². The third-order valence-electron chi connectivity index (χ3n) is 2.88. The van der Waals surface area contributed by atoms with Gasteiger partial charge in [0.25, 0.3) is 0 Å². The van der Waals surface area contributed by atoms with Crippen molar-refractivity contribution in [3.05, 3.63) is 65.2 Å². The van der Waals surface area contributed by atoms with Crippen molar-refractivity contribution in [1.29, 1.82) is 0 Å². The smallest absolute Gasteiger partial charge is 0.335 e. The molecule has 0 heterocycles. The first kappa shape index (κ1) is 14.1. The summed E-state index contributed by atoms with van der Waals surface area (Å²) in [4.78, 5) is 10.9. The molecule has 2 aromatic rings. The molecule has 0 radical (unpaired) electrons. The Morgan fingerprint density at radius 2 is 1.80 bits per heavy atom. The minimum absolute atomic E-state index is 0.160. The van der Waals surface area contributed by atoms with Crippen LogP contribution in [0.2, 0.25) is 0 Å². The van der Waals surface area contributed by atoms with Crippen LogP contribution in [0.3, 0.4) is 0 Å². The Hall–Kier alpha value is -2.29. The minimum Gasteiger partial charge on any atom is -0.491 e. The number of hydrogen-bond acceptors (Lipinski definition) is 2. The highest BCUT2D eigenvalue weighted by Crippen LogP contribution is 2.17. The van der Waals surface area contributed by atoms with E-state index in [-0.39, 0.29) is 6.10 Å². The zero-order chi connectivity index (χ0) is 14.5. The molecular weight excluding hydrogens is 252 g/mol. The molecular formula is C17H18O3. The Balaban J connectivity index is 2.10. The summed E-state index contributed by atoms with van der Waals surface area (Å²) in [5.41, 5.74) is 2.44. The molecule has 0 amide bonds. The van der Waals surface area contributed by atoms with Crippen LogP contribution in [0.15, 0.2) is 48.5 Å². The van der Waals surface area contributed by atoms with Crippen molar-refractivity contribution in [2.24, 2.45) is 0 Å². The molecule has 104 valence electrons. The fourth-order valence-electron chi connectivity index (χ4n) is 2.01. The molecule has 2 rings (SSSR count). The van der Waals surface area contributed by atoms with Crippen LogP contribution in [0, 0.1) is 0 Å². The van der Waals surface area contributed by atoms with E-state index in [1.807, 2.05) is 44.2 Å². The number of rotatable bonds is 5. The fourth-order valence-corrected chi connectivity index (χ4v) is 2.01. The van der Waals surface area contributed by atoms with E-state index in [9.17, 15) is 4.79 Å². The van der Waals surface area contributed by atoms with E-state index in [0.29, 0.717) is 12.0 Å². The van der Waals surface area contributed by atoms with Crippen molar-refractivity contribution in [3.63, 3.8) is 0 Å². The molecule has 1 N–H and O–H groups in total. The molecule has 0 bridgehead atoms. The molecule has 0 aliphatic rings. The summed E-state index contributed by atoms with van der Waals surface area (Å²) >= 11 is 0. The largest absolute Gasteiger partial charge is 0.491 e. The van der Waals surface area contributed by atoms with Crippen molar-refractivity contribution in [1.82, 2.24) is 0 Å². The Morgan fingerprint density at radius 1 is 1.10 bits per heavy atom. The first-order valence-electron chi connectivity index (χ1n) is 6.62. The monoisotopic (exact) mass is 270 g/mol. The van der Waals surface area contributed by atoms with E-state index >= 15 is 0 Å². The summed E-state index contributed by atoms with van der Waals surface area (Å²) in [6, 6.07) is 14.9. The SMILES string of the molecule is CC(C)Oc1ccc(Cc2cccc(C(=O)O)c2)cc1. The highest BCUT2D eigenvalue weighted by Gasteiger charge is 2.04. The number of carbonyl (C=O) groups is 1. The maximum absolute atomic E-state index is 10.9. The van der Waals surface area contributed by atoms with Gasteiger partial charge in [-0.25, -0.2) is 4.79 Å². The Morgan fingerprint density at radius 3 is 2.40 bits per heavy atom. The summed E-state index contributed by atoms with van der Waals surface area (Å²) in [7, 11) is 0. The number of benzene rings is 2. The molecule has 0 aromatic heterocycles. The van der Waals surface area contributed by atoms with E-state index < -0.39 is 5.97 Å². The summed E-state index contributed by atoms with van der Waals surface area (Å²) in [5.74, 6) is -0.0458. The average molecular weight is 270 g/mol. The van der Waals surface area contributed by atoms with Gasteiger partial charge in [0.2, 0.25) is 0 Å². The van der Waals surface area contributed by atoms with E-state index in [1.165, 1.54) is 0 Å². The van der Waals surface area contributed by atoms with E-state index in [2.05, 4.69) is 0 Å². The molecule has 0 fully saturated rings. The predicted octanol–water partition coefficient (Wildman–Crippen LogP) is 3.76. The number of hydrogen-bond donors (Lipinski definition) is 1.